The number of fused-ring (bicyclic) bond motifs is 1. The molecule has 1 aromatic carbocycles. The molecule has 3 N–H and O–H groups in total. The number of furan rings is 1. The van der Waals surface area contributed by atoms with Gasteiger partial charge >= 0.3 is 0 Å². The van der Waals surface area contributed by atoms with Gasteiger partial charge in [-0.05, 0) is 32.0 Å². The van der Waals surface area contributed by atoms with E-state index in [-0.39, 0.29) is 24.2 Å². The monoisotopic (exact) mass is 282 g/mol. The van der Waals surface area contributed by atoms with E-state index in [1.807, 2.05) is 37.3 Å². The zero-order valence-electron chi connectivity index (χ0n) is 10.9. The van der Waals surface area contributed by atoms with E-state index in [9.17, 15) is 4.79 Å². The molecule has 1 aromatic heterocycles. The maximum absolute atomic E-state index is 11.9. The van der Waals surface area contributed by atoms with Gasteiger partial charge in [-0.3, -0.25) is 4.79 Å². The second-order valence-corrected chi connectivity index (χ2v) is 4.34. The Morgan fingerprint density at radius 2 is 2.16 bits per heavy atom. The van der Waals surface area contributed by atoms with Gasteiger partial charge in [0, 0.05) is 11.9 Å². The standard InChI is InChI=1S/C14H18N2O2.ClH/c1-10(14(17)16-8-4-7-15)13-9-11-5-2-3-6-12(11)18-13;/h2-3,5-6,9-10H,4,7-8,15H2,1H3,(H,16,17);1H. The van der Waals surface area contributed by atoms with Crippen molar-refractivity contribution in [2.45, 2.75) is 19.3 Å². The Morgan fingerprint density at radius 3 is 2.84 bits per heavy atom. The minimum atomic E-state index is -0.282. The molecule has 1 unspecified atom stereocenters. The van der Waals surface area contributed by atoms with Crippen molar-refractivity contribution in [3.05, 3.63) is 36.1 Å². The minimum Gasteiger partial charge on any atom is -0.460 e. The zero-order valence-corrected chi connectivity index (χ0v) is 11.7. The van der Waals surface area contributed by atoms with E-state index in [2.05, 4.69) is 5.32 Å². The number of carbonyl (C=O) groups is 1. The molecule has 0 spiro atoms. The smallest absolute Gasteiger partial charge is 0.230 e. The highest BCUT2D eigenvalue weighted by atomic mass is 35.5. The molecule has 0 saturated carbocycles. The van der Waals surface area contributed by atoms with Gasteiger partial charge in [-0.1, -0.05) is 18.2 Å². The lowest BCUT2D eigenvalue weighted by atomic mass is 10.1. The van der Waals surface area contributed by atoms with Crippen LogP contribution in [0.2, 0.25) is 0 Å². The van der Waals surface area contributed by atoms with Crippen molar-refractivity contribution in [3.8, 4) is 0 Å². The molecule has 19 heavy (non-hydrogen) atoms. The first kappa shape index (κ1) is 15.5. The predicted octanol–water partition coefficient (Wildman–Crippen LogP) is 2.42. The third-order valence-electron chi connectivity index (χ3n) is 2.94. The molecule has 0 fully saturated rings. The van der Waals surface area contributed by atoms with Crippen LogP contribution in [0.4, 0.5) is 0 Å². The Morgan fingerprint density at radius 1 is 1.42 bits per heavy atom. The Labute approximate surface area is 118 Å². The maximum atomic E-state index is 11.9. The molecule has 0 saturated heterocycles. The van der Waals surface area contributed by atoms with E-state index < -0.39 is 0 Å². The van der Waals surface area contributed by atoms with Crippen molar-refractivity contribution in [2.75, 3.05) is 13.1 Å². The second-order valence-electron chi connectivity index (χ2n) is 4.34. The van der Waals surface area contributed by atoms with Crippen molar-refractivity contribution in [1.82, 2.24) is 5.32 Å². The van der Waals surface area contributed by atoms with Gasteiger partial charge in [0.15, 0.2) is 0 Å². The quantitative estimate of drug-likeness (QED) is 0.828. The van der Waals surface area contributed by atoms with Crippen LogP contribution >= 0.6 is 12.4 Å². The number of rotatable bonds is 5. The van der Waals surface area contributed by atoms with Crippen molar-refractivity contribution < 1.29 is 9.21 Å². The summed E-state index contributed by atoms with van der Waals surface area (Å²) in [6, 6.07) is 9.66. The number of halogens is 1. The van der Waals surface area contributed by atoms with Crippen molar-refractivity contribution >= 4 is 29.3 Å². The zero-order chi connectivity index (χ0) is 13.0. The lowest BCUT2D eigenvalue weighted by Crippen LogP contribution is -2.29. The lowest BCUT2D eigenvalue weighted by molar-refractivity contribution is -0.122. The summed E-state index contributed by atoms with van der Waals surface area (Å²) in [5, 5.41) is 3.87. The third kappa shape index (κ3) is 3.72. The van der Waals surface area contributed by atoms with E-state index in [4.69, 9.17) is 10.2 Å². The summed E-state index contributed by atoms with van der Waals surface area (Å²) in [5.41, 5.74) is 6.20. The van der Waals surface area contributed by atoms with Gasteiger partial charge in [0.2, 0.25) is 5.91 Å². The number of para-hydroxylation sites is 1. The van der Waals surface area contributed by atoms with Gasteiger partial charge in [0.1, 0.15) is 11.3 Å². The van der Waals surface area contributed by atoms with E-state index >= 15 is 0 Å². The fraction of sp³-hybridized carbons (Fsp3) is 0.357. The van der Waals surface area contributed by atoms with Gasteiger partial charge in [-0.25, -0.2) is 0 Å². The molecule has 0 aliphatic heterocycles. The molecule has 0 aliphatic rings. The molecule has 1 amide bonds. The van der Waals surface area contributed by atoms with Crippen LogP contribution in [0, 0.1) is 0 Å². The van der Waals surface area contributed by atoms with Crippen LogP contribution < -0.4 is 11.1 Å². The Bertz CT molecular complexity index is 506. The van der Waals surface area contributed by atoms with Crippen LogP contribution in [0.3, 0.4) is 0 Å². The number of carbonyl (C=O) groups excluding carboxylic acids is 1. The molecule has 2 aromatic rings. The molecular formula is C14H19ClN2O2. The van der Waals surface area contributed by atoms with Crippen molar-refractivity contribution in [2.24, 2.45) is 5.73 Å². The molecular weight excluding hydrogens is 264 g/mol. The van der Waals surface area contributed by atoms with E-state index in [0.717, 1.165) is 17.4 Å². The van der Waals surface area contributed by atoms with Crippen LogP contribution in [-0.2, 0) is 4.79 Å². The van der Waals surface area contributed by atoms with Crippen LogP contribution in [0.5, 0.6) is 0 Å². The summed E-state index contributed by atoms with van der Waals surface area (Å²) >= 11 is 0. The van der Waals surface area contributed by atoms with Crippen LogP contribution in [0.25, 0.3) is 11.0 Å². The van der Waals surface area contributed by atoms with Gasteiger partial charge in [0.05, 0.1) is 5.92 Å². The summed E-state index contributed by atoms with van der Waals surface area (Å²) in [5.74, 6) is 0.388. The highest BCUT2D eigenvalue weighted by Crippen LogP contribution is 2.24. The van der Waals surface area contributed by atoms with Gasteiger partial charge in [0.25, 0.3) is 0 Å². The fourth-order valence-electron chi connectivity index (χ4n) is 1.81. The summed E-state index contributed by atoms with van der Waals surface area (Å²) in [6.45, 7) is 3.04. The molecule has 0 aliphatic carbocycles. The fourth-order valence-corrected chi connectivity index (χ4v) is 1.81. The molecule has 0 bridgehead atoms. The topological polar surface area (TPSA) is 68.3 Å². The normalized spacial score (nSPS) is 11.9. The molecule has 2 rings (SSSR count). The van der Waals surface area contributed by atoms with Gasteiger partial charge in [-0.15, -0.1) is 12.4 Å². The van der Waals surface area contributed by atoms with Crippen LogP contribution in [-0.4, -0.2) is 19.0 Å². The first-order valence-corrected chi connectivity index (χ1v) is 6.18. The first-order chi connectivity index (χ1) is 8.72. The second kappa shape index (κ2) is 7.16. The number of nitrogens with two attached hydrogens (primary N) is 1. The number of hydrogen-bond donors (Lipinski definition) is 2. The Kier molecular flexibility index (Phi) is 5.86. The number of benzene rings is 1. The van der Waals surface area contributed by atoms with E-state index in [0.29, 0.717) is 18.8 Å². The molecule has 5 heteroatoms. The van der Waals surface area contributed by atoms with E-state index in [1.165, 1.54) is 0 Å². The average molecular weight is 283 g/mol. The highest BCUT2D eigenvalue weighted by molar-refractivity contribution is 5.85. The Balaban J connectivity index is 0.00000180. The number of hydrogen-bond acceptors (Lipinski definition) is 3. The SMILES string of the molecule is CC(C(=O)NCCCN)c1cc2ccccc2o1.Cl. The predicted molar refractivity (Wildman–Crippen MR) is 78.6 cm³/mol. The lowest BCUT2D eigenvalue weighted by Gasteiger charge is -2.09. The summed E-state index contributed by atoms with van der Waals surface area (Å²) in [7, 11) is 0. The minimum absolute atomic E-state index is 0. The van der Waals surface area contributed by atoms with Crippen LogP contribution in [0.15, 0.2) is 34.7 Å². The maximum Gasteiger partial charge on any atom is 0.230 e. The largest absolute Gasteiger partial charge is 0.460 e. The van der Waals surface area contributed by atoms with E-state index in [1.54, 1.807) is 0 Å². The third-order valence-corrected chi connectivity index (χ3v) is 2.94. The molecule has 4 nitrogen and oxygen atoms in total. The molecule has 1 heterocycles. The summed E-state index contributed by atoms with van der Waals surface area (Å²) in [4.78, 5) is 11.9. The molecule has 1 atom stereocenters. The molecule has 104 valence electrons. The number of amides is 1. The first-order valence-electron chi connectivity index (χ1n) is 6.18. The van der Waals surface area contributed by atoms with Gasteiger partial charge < -0.3 is 15.5 Å². The Hall–Kier alpha value is -1.52. The van der Waals surface area contributed by atoms with Crippen LogP contribution in [0.1, 0.15) is 25.0 Å². The highest BCUT2D eigenvalue weighted by Gasteiger charge is 2.18. The summed E-state index contributed by atoms with van der Waals surface area (Å²) in [6.07, 6.45) is 0.790. The average Bonchev–Trinajstić information content (AvgIpc) is 2.81. The van der Waals surface area contributed by atoms with Crippen molar-refractivity contribution in [1.29, 1.82) is 0 Å². The van der Waals surface area contributed by atoms with Gasteiger partial charge in [-0.2, -0.15) is 0 Å². The van der Waals surface area contributed by atoms with Crippen molar-refractivity contribution in [3.63, 3.8) is 0 Å². The number of nitrogens with one attached hydrogen (secondary N) is 1. The molecule has 0 radical (unpaired) electrons. The summed E-state index contributed by atoms with van der Waals surface area (Å²) < 4.78 is 5.67.